The number of rotatable bonds is 3. The number of hydrogen-bond acceptors (Lipinski definition) is 2. The molecule has 0 bridgehead atoms. The maximum Gasteiger partial charge on any atom is 0.00129 e. The maximum absolute atomic E-state index is 5.53. The first-order valence-electron chi connectivity index (χ1n) is 5.82. The van der Waals surface area contributed by atoms with Gasteiger partial charge in [-0.25, -0.2) is 0 Å². The highest BCUT2D eigenvalue weighted by Crippen LogP contribution is 2.35. The van der Waals surface area contributed by atoms with Crippen molar-refractivity contribution in [1.29, 1.82) is 0 Å². The van der Waals surface area contributed by atoms with Gasteiger partial charge in [0, 0.05) is 13.1 Å². The van der Waals surface area contributed by atoms with E-state index in [0.717, 1.165) is 18.4 Å². The Balaban J connectivity index is 1.77. The van der Waals surface area contributed by atoms with Crippen LogP contribution in [0.4, 0.5) is 0 Å². The monoisotopic (exact) mass is 182 g/mol. The van der Waals surface area contributed by atoms with Crippen molar-refractivity contribution in [3.63, 3.8) is 0 Å². The number of nitrogens with two attached hydrogens (primary N) is 1. The number of likely N-dealkylation sites (tertiary alicyclic amines) is 1. The summed E-state index contributed by atoms with van der Waals surface area (Å²) in [4.78, 5) is 2.63. The lowest BCUT2D eigenvalue weighted by atomic mass is 9.82. The summed E-state index contributed by atoms with van der Waals surface area (Å²) in [6.07, 6.45) is 7.12. The molecule has 2 rings (SSSR count). The average Bonchev–Trinajstić information content (AvgIpc) is 2.57. The molecule has 2 aliphatic rings. The van der Waals surface area contributed by atoms with Gasteiger partial charge in [0.15, 0.2) is 0 Å². The van der Waals surface area contributed by atoms with Gasteiger partial charge in [-0.05, 0) is 44.2 Å². The van der Waals surface area contributed by atoms with Crippen LogP contribution in [0.3, 0.4) is 0 Å². The van der Waals surface area contributed by atoms with Crippen LogP contribution >= 0.6 is 0 Å². The molecule has 76 valence electrons. The summed E-state index contributed by atoms with van der Waals surface area (Å²) in [5.41, 5.74) is 5.53. The van der Waals surface area contributed by atoms with Crippen molar-refractivity contribution in [2.24, 2.45) is 17.6 Å². The largest absolute Gasteiger partial charge is 0.330 e. The number of nitrogens with zero attached hydrogens (tertiary/aromatic N) is 1. The minimum atomic E-state index is 0.853. The molecule has 0 unspecified atom stereocenters. The van der Waals surface area contributed by atoms with Crippen molar-refractivity contribution in [2.75, 3.05) is 26.2 Å². The Morgan fingerprint density at radius 2 is 1.69 bits per heavy atom. The Labute approximate surface area is 81.5 Å². The molecular weight excluding hydrogens is 160 g/mol. The summed E-state index contributed by atoms with van der Waals surface area (Å²) in [7, 11) is 0. The van der Waals surface area contributed by atoms with Gasteiger partial charge in [0.05, 0.1) is 0 Å². The Morgan fingerprint density at radius 1 is 1.08 bits per heavy atom. The summed E-state index contributed by atoms with van der Waals surface area (Å²) >= 11 is 0. The van der Waals surface area contributed by atoms with Gasteiger partial charge >= 0.3 is 0 Å². The van der Waals surface area contributed by atoms with Gasteiger partial charge in [-0.2, -0.15) is 0 Å². The molecule has 0 aromatic rings. The zero-order valence-electron chi connectivity index (χ0n) is 8.54. The smallest absolute Gasteiger partial charge is 0.00129 e. The number of hydrogen-bond donors (Lipinski definition) is 1. The Morgan fingerprint density at radius 3 is 2.23 bits per heavy atom. The summed E-state index contributed by atoms with van der Waals surface area (Å²) in [6.45, 7) is 4.82. The van der Waals surface area contributed by atoms with Crippen LogP contribution in [0.5, 0.6) is 0 Å². The molecular formula is C11H22N2. The molecule has 0 spiro atoms. The SMILES string of the molecule is NCCCN1C[C@H]2CCCC[C@H]2C1. The zero-order valence-corrected chi connectivity index (χ0v) is 8.54. The van der Waals surface area contributed by atoms with Crippen LogP contribution in [0, 0.1) is 11.8 Å². The van der Waals surface area contributed by atoms with Crippen molar-refractivity contribution in [3.05, 3.63) is 0 Å². The predicted octanol–water partition coefficient (Wildman–Crippen LogP) is 1.46. The van der Waals surface area contributed by atoms with E-state index in [1.165, 1.54) is 51.7 Å². The Kier molecular flexibility index (Phi) is 3.23. The van der Waals surface area contributed by atoms with E-state index in [0.29, 0.717) is 0 Å². The summed E-state index contributed by atoms with van der Waals surface area (Å²) in [5.74, 6) is 2.07. The standard InChI is InChI=1S/C11H22N2/c12-6-3-7-13-8-10-4-1-2-5-11(10)9-13/h10-11H,1-9,12H2/t10-,11+. The van der Waals surface area contributed by atoms with Gasteiger partial charge in [0.1, 0.15) is 0 Å². The molecule has 0 aromatic carbocycles. The molecule has 1 aliphatic heterocycles. The Bertz CT molecular complexity index is 144. The van der Waals surface area contributed by atoms with Crippen molar-refractivity contribution < 1.29 is 0 Å². The second kappa shape index (κ2) is 4.43. The topological polar surface area (TPSA) is 29.3 Å². The molecule has 2 N–H and O–H groups in total. The first kappa shape index (κ1) is 9.47. The van der Waals surface area contributed by atoms with E-state index >= 15 is 0 Å². The molecule has 1 aliphatic carbocycles. The summed E-state index contributed by atoms with van der Waals surface area (Å²) < 4.78 is 0. The third-order valence-corrected chi connectivity index (χ3v) is 3.73. The van der Waals surface area contributed by atoms with Gasteiger partial charge in [-0.1, -0.05) is 12.8 Å². The van der Waals surface area contributed by atoms with Crippen molar-refractivity contribution in [2.45, 2.75) is 32.1 Å². The van der Waals surface area contributed by atoms with Crippen molar-refractivity contribution >= 4 is 0 Å². The maximum atomic E-state index is 5.53. The van der Waals surface area contributed by atoms with Crippen molar-refractivity contribution in [3.8, 4) is 0 Å². The van der Waals surface area contributed by atoms with E-state index in [-0.39, 0.29) is 0 Å². The molecule has 1 heterocycles. The molecule has 2 atom stereocenters. The van der Waals surface area contributed by atoms with Gasteiger partial charge in [-0.15, -0.1) is 0 Å². The van der Waals surface area contributed by atoms with Crippen LogP contribution in [0.25, 0.3) is 0 Å². The molecule has 1 saturated heterocycles. The van der Waals surface area contributed by atoms with E-state index < -0.39 is 0 Å². The summed E-state index contributed by atoms with van der Waals surface area (Å²) in [5, 5.41) is 0. The minimum absolute atomic E-state index is 0.853. The number of fused-ring (bicyclic) bond motifs is 1. The average molecular weight is 182 g/mol. The molecule has 2 heteroatoms. The first-order valence-corrected chi connectivity index (χ1v) is 5.82. The lowest BCUT2D eigenvalue weighted by molar-refractivity contribution is 0.299. The van der Waals surface area contributed by atoms with Crippen LogP contribution in [-0.2, 0) is 0 Å². The molecule has 0 amide bonds. The fraction of sp³-hybridized carbons (Fsp3) is 1.00. The van der Waals surface area contributed by atoms with Gasteiger partial charge in [-0.3, -0.25) is 0 Å². The van der Waals surface area contributed by atoms with E-state index in [2.05, 4.69) is 4.90 Å². The molecule has 0 aromatic heterocycles. The highest BCUT2D eigenvalue weighted by atomic mass is 15.2. The third kappa shape index (κ3) is 2.23. The van der Waals surface area contributed by atoms with Gasteiger partial charge in [0.2, 0.25) is 0 Å². The van der Waals surface area contributed by atoms with Crippen LogP contribution < -0.4 is 5.73 Å². The molecule has 0 radical (unpaired) electrons. The van der Waals surface area contributed by atoms with Gasteiger partial charge in [0.25, 0.3) is 0 Å². The highest BCUT2D eigenvalue weighted by molar-refractivity contribution is 4.86. The quantitative estimate of drug-likeness (QED) is 0.716. The van der Waals surface area contributed by atoms with Crippen LogP contribution in [0.1, 0.15) is 32.1 Å². The Hall–Kier alpha value is -0.0800. The third-order valence-electron chi connectivity index (χ3n) is 3.73. The minimum Gasteiger partial charge on any atom is -0.330 e. The molecule has 2 fully saturated rings. The zero-order chi connectivity index (χ0) is 9.10. The highest BCUT2D eigenvalue weighted by Gasteiger charge is 2.33. The lowest BCUT2D eigenvalue weighted by Gasteiger charge is -2.23. The van der Waals surface area contributed by atoms with Crippen LogP contribution in [0.15, 0.2) is 0 Å². The molecule has 2 nitrogen and oxygen atoms in total. The lowest BCUT2D eigenvalue weighted by Crippen LogP contribution is -2.24. The van der Waals surface area contributed by atoms with E-state index in [1.54, 1.807) is 0 Å². The summed E-state index contributed by atoms with van der Waals surface area (Å²) in [6, 6.07) is 0. The molecule has 13 heavy (non-hydrogen) atoms. The molecule has 1 saturated carbocycles. The van der Waals surface area contributed by atoms with Gasteiger partial charge < -0.3 is 10.6 Å². The first-order chi connectivity index (χ1) is 6.40. The predicted molar refractivity (Wildman–Crippen MR) is 55.6 cm³/mol. The van der Waals surface area contributed by atoms with Crippen molar-refractivity contribution in [1.82, 2.24) is 4.90 Å². The second-order valence-corrected chi connectivity index (χ2v) is 4.71. The van der Waals surface area contributed by atoms with E-state index in [1.807, 2.05) is 0 Å². The van der Waals surface area contributed by atoms with E-state index in [4.69, 9.17) is 5.73 Å². The second-order valence-electron chi connectivity index (χ2n) is 4.71. The van der Waals surface area contributed by atoms with Crippen LogP contribution in [-0.4, -0.2) is 31.1 Å². The van der Waals surface area contributed by atoms with E-state index in [9.17, 15) is 0 Å². The van der Waals surface area contributed by atoms with Crippen LogP contribution in [0.2, 0.25) is 0 Å². The fourth-order valence-electron chi connectivity index (χ4n) is 3.00. The normalized spacial score (nSPS) is 34.8. The fourth-order valence-corrected chi connectivity index (χ4v) is 3.00.